The zero-order valence-corrected chi connectivity index (χ0v) is 19.5. The summed E-state index contributed by atoms with van der Waals surface area (Å²) in [7, 11) is 1.88. The van der Waals surface area contributed by atoms with E-state index < -0.39 is 11.7 Å². The Morgan fingerprint density at radius 2 is 2.10 bits per heavy atom. The number of aliphatic hydroxyl groups excluding tert-OH is 1. The van der Waals surface area contributed by atoms with Crippen molar-refractivity contribution in [2.24, 2.45) is 7.05 Å². The van der Waals surface area contributed by atoms with Crippen LogP contribution < -0.4 is 4.74 Å². The van der Waals surface area contributed by atoms with Crippen molar-refractivity contribution in [2.45, 2.75) is 64.9 Å². The molecule has 0 radical (unpaired) electrons. The highest BCUT2D eigenvalue weighted by atomic mass is 35.5. The molecule has 0 spiro atoms. The fourth-order valence-electron chi connectivity index (χ4n) is 3.68. The summed E-state index contributed by atoms with van der Waals surface area (Å²) in [5.41, 5.74) is 2.71. The van der Waals surface area contributed by atoms with Crippen molar-refractivity contribution in [3.05, 3.63) is 46.2 Å². The average Bonchev–Trinajstić information content (AvgIpc) is 3.09. The molecule has 1 aromatic heterocycles. The minimum Gasteiger partial charge on any atom is -0.486 e. The molecule has 2 aromatic rings. The van der Waals surface area contributed by atoms with Gasteiger partial charge in [-0.1, -0.05) is 17.7 Å². The molecule has 0 aliphatic carbocycles. The lowest BCUT2D eigenvalue weighted by Crippen LogP contribution is -2.37. The molecule has 0 fully saturated rings. The van der Waals surface area contributed by atoms with Crippen LogP contribution in [0.4, 0.5) is 0 Å². The first kappa shape index (κ1) is 23.6. The number of hydrogen-bond donors (Lipinski definition) is 1. The van der Waals surface area contributed by atoms with E-state index in [1.165, 1.54) is 0 Å². The zero-order valence-electron chi connectivity index (χ0n) is 18.7. The lowest BCUT2D eigenvalue weighted by molar-refractivity contribution is -0.155. The van der Waals surface area contributed by atoms with Gasteiger partial charge in [-0.2, -0.15) is 5.10 Å². The number of carbonyl (C=O) groups is 1. The zero-order chi connectivity index (χ0) is 22.6. The van der Waals surface area contributed by atoms with Crippen LogP contribution in [0, 0.1) is 0 Å². The Hall–Kier alpha value is -2.09. The van der Waals surface area contributed by atoms with E-state index in [-0.39, 0.29) is 12.4 Å². The third-order valence-corrected chi connectivity index (χ3v) is 5.66. The van der Waals surface area contributed by atoms with Crippen molar-refractivity contribution in [3.8, 4) is 5.75 Å². The smallest absolute Gasteiger partial charge is 0.306 e. The first-order valence-corrected chi connectivity index (χ1v) is 11.0. The van der Waals surface area contributed by atoms with Gasteiger partial charge in [-0.05, 0) is 56.9 Å². The number of rotatable bonds is 8. The molecule has 1 N–H and O–H groups in total. The second kappa shape index (κ2) is 10.0. The number of nitrogens with zero attached hydrogens (tertiary/aromatic N) is 3. The van der Waals surface area contributed by atoms with Gasteiger partial charge in [-0.3, -0.25) is 14.4 Å². The topological polar surface area (TPSA) is 76.8 Å². The van der Waals surface area contributed by atoms with Gasteiger partial charge in [0.25, 0.3) is 0 Å². The van der Waals surface area contributed by atoms with Crippen molar-refractivity contribution in [3.63, 3.8) is 0 Å². The number of hydrogen-bond acceptors (Lipinski definition) is 6. The average molecular weight is 450 g/mol. The number of halogens is 1. The molecule has 0 bridgehead atoms. The number of esters is 1. The minimum atomic E-state index is -0.578. The summed E-state index contributed by atoms with van der Waals surface area (Å²) in [5, 5.41) is 15.2. The number of aliphatic hydroxyl groups is 1. The Kier molecular flexibility index (Phi) is 7.62. The number of carbonyl (C=O) groups excluding carboxylic acids is 1. The molecule has 0 saturated heterocycles. The van der Waals surface area contributed by atoms with Crippen molar-refractivity contribution in [2.75, 3.05) is 13.1 Å². The highest BCUT2D eigenvalue weighted by Gasteiger charge is 2.23. The maximum absolute atomic E-state index is 11.9. The second-order valence-corrected chi connectivity index (χ2v) is 9.39. The molecule has 1 atom stereocenters. The van der Waals surface area contributed by atoms with Crippen LogP contribution in [0.3, 0.4) is 0 Å². The molecule has 0 amide bonds. The Labute approximate surface area is 188 Å². The van der Waals surface area contributed by atoms with Crippen molar-refractivity contribution >= 4 is 17.6 Å². The lowest BCUT2D eigenvalue weighted by Gasteiger charge is -2.31. The third-order valence-electron chi connectivity index (χ3n) is 5.25. The Morgan fingerprint density at radius 3 is 2.77 bits per heavy atom. The van der Waals surface area contributed by atoms with E-state index >= 15 is 0 Å². The molecule has 1 aromatic carbocycles. The normalized spacial score (nSPS) is 15.4. The monoisotopic (exact) mass is 449 g/mol. The fraction of sp³-hybridized carbons (Fsp3) is 0.565. The van der Waals surface area contributed by atoms with Crippen LogP contribution in [0.15, 0.2) is 24.4 Å². The predicted molar refractivity (Wildman–Crippen MR) is 119 cm³/mol. The number of ether oxygens (including phenoxy) is 2. The predicted octanol–water partition coefficient (Wildman–Crippen LogP) is 3.49. The maximum atomic E-state index is 11.9. The summed E-state index contributed by atoms with van der Waals surface area (Å²) in [6, 6.07) is 5.86. The molecule has 7 nitrogen and oxygen atoms in total. The third kappa shape index (κ3) is 6.69. The molecule has 8 heteroatoms. The Bertz CT molecular complexity index is 907. The second-order valence-electron chi connectivity index (χ2n) is 9.01. The van der Waals surface area contributed by atoms with Gasteiger partial charge in [0.15, 0.2) is 0 Å². The van der Waals surface area contributed by atoms with Gasteiger partial charge >= 0.3 is 5.97 Å². The van der Waals surface area contributed by atoms with Crippen LogP contribution in [0.1, 0.15) is 50.4 Å². The highest BCUT2D eigenvalue weighted by Crippen LogP contribution is 2.34. The largest absolute Gasteiger partial charge is 0.486 e. The van der Waals surface area contributed by atoms with E-state index in [0.29, 0.717) is 36.9 Å². The molecular formula is C23H32ClN3O4. The standard InChI is InChI=1S/C23H32ClN3O4/c1-23(2,3)31-21(29)8-6-18(28)14-27-12-10-19-16(13-27)5-7-20(22(19)24)30-15-17-9-11-25-26(17)4/h5,7,9,11,18,28H,6,8,10,12-15H2,1-4H3/t18-/m0/s1. The molecule has 0 saturated carbocycles. The molecule has 2 heterocycles. The molecule has 1 aliphatic rings. The van der Waals surface area contributed by atoms with E-state index in [0.717, 1.165) is 29.8 Å². The molecule has 170 valence electrons. The number of fused-ring (bicyclic) bond motifs is 1. The lowest BCUT2D eigenvalue weighted by atomic mass is 9.98. The fourth-order valence-corrected chi connectivity index (χ4v) is 4.01. The molecule has 31 heavy (non-hydrogen) atoms. The van der Waals surface area contributed by atoms with Gasteiger partial charge in [0.2, 0.25) is 0 Å². The number of aryl methyl sites for hydroxylation is 1. The van der Waals surface area contributed by atoms with E-state index in [4.69, 9.17) is 21.1 Å². The van der Waals surface area contributed by atoms with Crippen LogP contribution in [0.25, 0.3) is 0 Å². The number of aromatic nitrogens is 2. The van der Waals surface area contributed by atoms with Gasteiger partial charge in [0.1, 0.15) is 18.0 Å². The Morgan fingerprint density at radius 1 is 1.32 bits per heavy atom. The van der Waals surface area contributed by atoms with Crippen LogP contribution >= 0.6 is 11.6 Å². The van der Waals surface area contributed by atoms with Gasteiger partial charge in [0, 0.05) is 39.3 Å². The van der Waals surface area contributed by atoms with Crippen molar-refractivity contribution < 1.29 is 19.4 Å². The van der Waals surface area contributed by atoms with E-state index in [1.807, 2.05) is 46.0 Å². The summed E-state index contributed by atoms with van der Waals surface area (Å²) in [6.07, 6.45) is 2.55. The van der Waals surface area contributed by atoms with Gasteiger partial charge in [-0.25, -0.2) is 0 Å². The SMILES string of the molecule is Cn1nccc1COc1ccc2c(c1Cl)CCN(C[C@@H](O)CCC(=O)OC(C)(C)C)C2. The van der Waals surface area contributed by atoms with Crippen LogP contribution in [-0.4, -0.2) is 50.6 Å². The van der Waals surface area contributed by atoms with Gasteiger partial charge < -0.3 is 14.6 Å². The van der Waals surface area contributed by atoms with Crippen molar-refractivity contribution in [1.82, 2.24) is 14.7 Å². The summed E-state index contributed by atoms with van der Waals surface area (Å²) in [6.45, 7) is 7.94. The van der Waals surface area contributed by atoms with Crippen molar-refractivity contribution in [1.29, 1.82) is 0 Å². The molecular weight excluding hydrogens is 418 g/mol. The molecule has 0 unspecified atom stereocenters. The number of benzene rings is 1. The first-order valence-electron chi connectivity index (χ1n) is 10.6. The van der Waals surface area contributed by atoms with Crippen LogP contribution in [-0.2, 0) is 36.2 Å². The Balaban J connectivity index is 1.52. The van der Waals surface area contributed by atoms with Crippen LogP contribution in [0.2, 0.25) is 5.02 Å². The number of β-amino-alcohol motifs (C(OH)–C–C–N with tert-alkyl or cyclic N) is 1. The highest BCUT2D eigenvalue weighted by molar-refractivity contribution is 6.33. The summed E-state index contributed by atoms with van der Waals surface area (Å²) in [4.78, 5) is 14.0. The van der Waals surface area contributed by atoms with Gasteiger partial charge in [-0.15, -0.1) is 0 Å². The first-order chi connectivity index (χ1) is 14.6. The van der Waals surface area contributed by atoms with Crippen LogP contribution in [0.5, 0.6) is 5.75 Å². The summed E-state index contributed by atoms with van der Waals surface area (Å²) in [5.74, 6) is 0.397. The maximum Gasteiger partial charge on any atom is 0.306 e. The molecule has 1 aliphatic heterocycles. The minimum absolute atomic E-state index is 0.214. The van der Waals surface area contributed by atoms with E-state index in [1.54, 1.807) is 10.9 Å². The summed E-state index contributed by atoms with van der Waals surface area (Å²) >= 11 is 6.63. The van der Waals surface area contributed by atoms with E-state index in [9.17, 15) is 9.90 Å². The summed E-state index contributed by atoms with van der Waals surface area (Å²) < 4.78 is 13.0. The quantitative estimate of drug-likeness (QED) is 0.621. The van der Waals surface area contributed by atoms with E-state index in [2.05, 4.69) is 10.00 Å². The van der Waals surface area contributed by atoms with Gasteiger partial charge in [0.05, 0.1) is 16.8 Å². The molecule has 3 rings (SSSR count).